The minimum Gasteiger partial charge on any atom is -0.456 e. The van der Waals surface area contributed by atoms with E-state index in [1.54, 1.807) is 0 Å². The number of para-hydroxylation sites is 3. The molecule has 9 aromatic carbocycles. The van der Waals surface area contributed by atoms with Crippen LogP contribution in [0, 0.1) is 0 Å². The molecule has 0 amide bonds. The fourth-order valence-electron chi connectivity index (χ4n) is 11.1. The molecule has 4 heterocycles. The normalized spacial score (nSPS) is 13.5. The Morgan fingerprint density at radius 3 is 1.75 bits per heavy atom. The fraction of sp³-hybridized carbons (Fsp3) is 0.0526. The molecule has 4 aromatic heterocycles. The minimum atomic E-state index is -0.221. The zero-order valence-electron chi connectivity index (χ0n) is 33.6. The topological polar surface area (TPSA) is 25.2 Å². The molecule has 0 fully saturated rings. The molecular weight excluding hydrogens is 743 g/mol. The number of anilines is 3. The molecular formula is C57H37N3O. The summed E-state index contributed by atoms with van der Waals surface area (Å²) in [5, 5.41) is 7.28. The van der Waals surface area contributed by atoms with Crippen molar-refractivity contribution in [3.05, 3.63) is 199 Å². The molecule has 0 saturated carbocycles. The number of aromatic nitrogens is 2. The van der Waals surface area contributed by atoms with Gasteiger partial charge in [0.15, 0.2) is 0 Å². The third-order valence-electron chi connectivity index (χ3n) is 13.8. The van der Waals surface area contributed by atoms with Crippen LogP contribution in [0.4, 0.5) is 17.1 Å². The summed E-state index contributed by atoms with van der Waals surface area (Å²) in [6.07, 6.45) is 0. The Balaban J connectivity index is 1.06. The van der Waals surface area contributed by atoms with Gasteiger partial charge in [0.2, 0.25) is 0 Å². The van der Waals surface area contributed by atoms with E-state index >= 15 is 0 Å². The lowest BCUT2D eigenvalue weighted by Gasteiger charge is -2.29. The molecule has 0 radical (unpaired) electrons. The lowest BCUT2D eigenvalue weighted by Crippen LogP contribution is -2.17. The van der Waals surface area contributed by atoms with Crippen molar-refractivity contribution in [2.75, 3.05) is 4.90 Å². The van der Waals surface area contributed by atoms with E-state index in [4.69, 9.17) is 4.42 Å². The molecule has 0 spiro atoms. The molecule has 0 aliphatic heterocycles. The van der Waals surface area contributed by atoms with Crippen molar-refractivity contribution in [2.45, 2.75) is 19.3 Å². The highest BCUT2D eigenvalue weighted by Gasteiger charge is 2.37. The summed E-state index contributed by atoms with van der Waals surface area (Å²) in [6, 6.07) is 69.2. The van der Waals surface area contributed by atoms with Gasteiger partial charge < -0.3 is 18.1 Å². The van der Waals surface area contributed by atoms with Crippen LogP contribution in [0.25, 0.3) is 98.8 Å². The molecule has 14 rings (SSSR count). The zero-order chi connectivity index (χ0) is 40.1. The van der Waals surface area contributed by atoms with Gasteiger partial charge in [0.05, 0.1) is 44.2 Å². The van der Waals surface area contributed by atoms with Crippen molar-refractivity contribution in [1.82, 2.24) is 8.80 Å². The largest absolute Gasteiger partial charge is 0.456 e. The number of fused-ring (bicyclic) bond motifs is 15. The molecule has 0 bridgehead atoms. The molecule has 0 N–H and O–H groups in total. The van der Waals surface area contributed by atoms with Crippen LogP contribution >= 0.6 is 0 Å². The van der Waals surface area contributed by atoms with Crippen molar-refractivity contribution < 1.29 is 4.42 Å². The van der Waals surface area contributed by atoms with Crippen LogP contribution in [-0.2, 0) is 5.41 Å². The number of furan rings is 1. The van der Waals surface area contributed by atoms with Crippen molar-refractivity contribution >= 4 is 93.6 Å². The van der Waals surface area contributed by atoms with Crippen LogP contribution in [0.1, 0.15) is 25.0 Å². The van der Waals surface area contributed by atoms with Crippen LogP contribution in [-0.4, -0.2) is 8.80 Å². The second kappa shape index (κ2) is 11.7. The molecule has 4 nitrogen and oxygen atoms in total. The van der Waals surface area contributed by atoms with Gasteiger partial charge in [-0.05, 0) is 100 Å². The van der Waals surface area contributed by atoms with E-state index in [1.807, 2.05) is 0 Å². The Morgan fingerprint density at radius 1 is 0.410 bits per heavy atom. The van der Waals surface area contributed by atoms with Crippen LogP contribution < -0.4 is 4.90 Å². The Morgan fingerprint density at radius 2 is 1.00 bits per heavy atom. The first-order chi connectivity index (χ1) is 30.0. The first kappa shape index (κ1) is 33.1. The summed E-state index contributed by atoms with van der Waals surface area (Å²) < 4.78 is 11.6. The molecule has 286 valence electrons. The number of benzene rings is 9. The summed E-state index contributed by atoms with van der Waals surface area (Å²) in [4.78, 5) is 2.46. The van der Waals surface area contributed by atoms with Crippen molar-refractivity contribution in [2.24, 2.45) is 0 Å². The summed E-state index contributed by atoms with van der Waals surface area (Å²) in [5.41, 5.74) is 19.8. The van der Waals surface area contributed by atoms with Gasteiger partial charge in [-0.2, -0.15) is 0 Å². The van der Waals surface area contributed by atoms with Crippen LogP contribution in [0.15, 0.2) is 192 Å². The van der Waals surface area contributed by atoms with E-state index < -0.39 is 0 Å². The minimum absolute atomic E-state index is 0.221. The van der Waals surface area contributed by atoms with Gasteiger partial charge in [0, 0.05) is 43.7 Å². The Kier molecular flexibility index (Phi) is 6.33. The first-order valence-corrected chi connectivity index (χ1v) is 21.2. The van der Waals surface area contributed by atoms with E-state index in [1.165, 1.54) is 82.5 Å². The summed E-state index contributed by atoms with van der Waals surface area (Å²) in [5.74, 6) is 0. The summed E-state index contributed by atoms with van der Waals surface area (Å²) in [7, 11) is 0. The highest BCUT2D eigenvalue weighted by molar-refractivity contribution is 6.25. The van der Waals surface area contributed by atoms with E-state index in [0.29, 0.717) is 0 Å². The SMILES string of the molecule is CC1(C)c2cc(-c3ccccc3)ccc2-c2ccc(N(c3ccc4c(c3)n3c5ccccc5c5ccc6c7ccccc7n4c6c53)c3cccc4oc5ccccc5c34)cc21. The maximum atomic E-state index is 6.55. The van der Waals surface area contributed by atoms with E-state index in [0.717, 1.165) is 44.5 Å². The predicted octanol–water partition coefficient (Wildman–Crippen LogP) is 15.6. The highest BCUT2D eigenvalue weighted by Crippen LogP contribution is 2.53. The molecule has 4 heteroatoms. The number of nitrogens with zero attached hydrogens (tertiary/aromatic N) is 3. The quantitative estimate of drug-likeness (QED) is 0.166. The molecule has 61 heavy (non-hydrogen) atoms. The average Bonchev–Trinajstić information content (AvgIpc) is 4.02. The van der Waals surface area contributed by atoms with Gasteiger partial charge in [-0.1, -0.05) is 135 Å². The van der Waals surface area contributed by atoms with Gasteiger partial charge in [-0.25, -0.2) is 0 Å². The molecule has 1 aliphatic rings. The Hall–Kier alpha value is -7.82. The van der Waals surface area contributed by atoms with Gasteiger partial charge in [0.1, 0.15) is 11.2 Å². The number of hydrogen-bond donors (Lipinski definition) is 0. The second-order valence-electron chi connectivity index (χ2n) is 17.3. The van der Waals surface area contributed by atoms with Crippen molar-refractivity contribution in [1.29, 1.82) is 0 Å². The molecule has 1 aliphatic carbocycles. The number of hydrogen-bond acceptors (Lipinski definition) is 2. The monoisotopic (exact) mass is 779 g/mol. The second-order valence-corrected chi connectivity index (χ2v) is 17.3. The van der Waals surface area contributed by atoms with Crippen LogP contribution in [0.3, 0.4) is 0 Å². The lowest BCUT2D eigenvalue weighted by atomic mass is 9.81. The van der Waals surface area contributed by atoms with E-state index in [-0.39, 0.29) is 5.41 Å². The van der Waals surface area contributed by atoms with Gasteiger partial charge >= 0.3 is 0 Å². The van der Waals surface area contributed by atoms with Gasteiger partial charge in [-0.15, -0.1) is 0 Å². The average molecular weight is 780 g/mol. The first-order valence-electron chi connectivity index (χ1n) is 21.2. The third kappa shape index (κ3) is 4.28. The van der Waals surface area contributed by atoms with Crippen molar-refractivity contribution in [3.63, 3.8) is 0 Å². The number of rotatable bonds is 4. The van der Waals surface area contributed by atoms with Gasteiger partial charge in [-0.3, -0.25) is 0 Å². The Labute approximate surface area is 351 Å². The predicted molar refractivity (Wildman–Crippen MR) is 255 cm³/mol. The lowest BCUT2D eigenvalue weighted by molar-refractivity contribution is 0.660. The summed E-state index contributed by atoms with van der Waals surface area (Å²) >= 11 is 0. The van der Waals surface area contributed by atoms with E-state index in [2.05, 4.69) is 216 Å². The fourth-order valence-corrected chi connectivity index (χ4v) is 11.1. The molecule has 0 atom stereocenters. The van der Waals surface area contributed by atoms with Crippen molar-refractivity contribution in [3.8, 4) is 22.3 Å². The smallest absolute Gasteiger partial charge is 0.137 e. The molecule has 0 unspecified atom stereocenters. The standard InChI is InChI=1S/C57H37N3O/c1-57(2)45-31-35(34-13-4-3-5-14-34)23-26-38(45)39-27-24-36(32-46(39)57)58(50-20-12-22-53-54(50)44-17-8-11-21-52(44)61-53)37-25-30-49-51(33-37)60-48-19-10-7-16-41(48)43-29-28-42-40-15-6-9-18-47(40)59(49)55(42)56(43)60/h3-33H,1-2H3. The maximum absolute atomic E-state index is 6.55. The van der Waals surface area contributed by atoms with Gasteiger partial charge in [0.25, 0.3) is 0 Å². The van der Waals surface area contributed by atoms with Crippen LogP contribution in [0.2, 0.25) is 0 Å². The maximum Gasteiger partial charge on any atom is 0.137 e. The molecule has 0 saturated heterocycles. The molecule has 13 aromatic rings. The Bertz CT molecular complexity index is 3970. The van der Waals surface area contributed by atoms with Crippen LogP contribution in [0.5, 0.6) is 0 Å². The highest BCUT2D eigenvalue weighted by atomic mass is 16.3. The zero-order valence-corrected chi connectivity index (χ0v) is 33.6. The summed E-state index contributed by atoms with van der Waals surface area (Å²) in [6.45, 7) is 4.76. The van der Waals surface area contributed by atoms with E-state index in [9.17, 15) is 0 Å². The third-order valence-corrected chi connectivity index (χ3v) is 13.8.